The maximum absolute atomic E-state index is 11.3. The number of carbonyl (C=O) groups is 3. The SMILES string of the molecule is C=CC(=O)N1CCC(C(C)(C)C)CC1.CC(=O)C(C)(C)C.CC(C)(C)C1(O)CCNCC1.CC(C)(C)C1CCCCC1.CC(C)(C)C1CCCCC1O.CC(C)(C)C1CCN(CC(N)=O)CC1. The lowest BCUT2D eigenvalue weighted by Crippen LogP contribution is -2.50. The Bertz CT molecular complexity index is 1390. The van der Waals surface area contributed by atoms with Gasteiger partial charge in [-0.15, -0.1) is 0 Å². The van der Waals surface area contributed by atoms with E-state index < -0.39 is 5.60 Å². The number of hydrogen-bond donors (Lipinski definition) is 4. The van der Waals surface area contributed by atoms with Gasteiger partial charge in [0.2, 0.25) is 11.8 Å². The first-order chi connectivity index (χ1) is 30.4. The molecule has 0 radical (unpaired) electrons. The summed E-state index contributed by atoms with van der Waals surface area (Å²) in [4.78, 5) is 36.6. The average molecular weight is 948 g/mol. The molecular weight excluding hydrogens is 833 g/mol. The third kappa shape index (κ3) is 26.8. The minimum Gasteiger partial charge on any atom is -0.393 e. The summed E-state index contributed by atoms with van der Waals surface area (Å²) < 4.78 is 0. The molecule has 0 aromatic carbocycles. The van der Waals surface area contributed by atoms with Gasteiger partial charge in [-0.25, -0.2) is 0 Å². The van der Waals surface area contributed by atoms with Gasteiger partial charge in [0.15, 0.2) is 0 Å². The quantitative estimate of drug-likeness (QED) is 0.207. The van der Waals surface area contributed by atoms with Crippen LogP contribution in [0.5, 0.6) is 0 Å². The number of piperidine rings is 3. The summed E-state index contributed by atoms with van der Waals surface area (Å²) in [5.74, 6) is 3.17. The number of Topliss-reactive ketones (excluding diaryl/α,β-unsaturated/α-hetero) is 1. The summed E-state index contributed by atoms with van der Waals surface area (Å²) in [6.45, 7) is 50.9. The molecule has 5 fully saturated rings. The van der Waals surface area contributed by atoms with Crippen LogP contribution in [0.2, 0.25) is 0 Å². The van der Waals surface area contributed by atoms with Crippen molar-refractivity contribution in [3.63, 3.8) is 0 Å². The highest BCUT2D eigenvalue weighted by Gasteiger charge is 2.40. The van der Waals surface area contributed by atoms with Crippen LogP contribution in [-0.4, -0.2) is 95.1 Å². The van der Waals surface area contributed by atoms with E-state index in [9.17, 15) is 24.6 Å². The predicted molar refractivity (Wildman–Crippen MR) is 287 cm³/mol. The molecule has 0 spiro atoms. The van der Waals surface area contributed by atoms with Crippen molar-refractivity contribution in [1.29, 1.82) is 0 Å². The maximum atomic E-state index is 11.3. The lowest BCUT2D eigenvalue weighted by atomic mass is 9.71. The van der Waals surface area contributed by atoms with Crippen molar-refractivity contribution in [1.82, 2.24) is 15.1 Å². The van der Waals surface area contributed by atoms with E-state index in [-0.39, 0.29) is 34.5 Å². The second-order valence-corrected chi connectivity index (χ2v) is 27.4. The molecule has 3 saturated heterocycles. The van der Waals surface area contributed by atoms with Crippen molar-refractivity contribution in [3.8, 4) is 0 Å². The van der Waals surface area contributed by atoms with Crippen molar-refractivity contribution in [2.75, 3.05) is 45.8 Å². The Balaban J connectivity index is 0.000000790. The molecule has 3 heterocycles. The number of nitrogens with one attached hydrogen (secondary N) is 1. The number of rotatable bonds is 3. The lowest BCUT2D eigenvalue weighted by molar-refractivity contribution is -0.128. The van der Waals surface area contributed by atoms with E-state index in [2.05, 4.69) is 121 Å². The summed E-state index contributed by atoms with van der Waals surface area (Å²) in [5, 5.41) is 23.1. The third-order valence-electron chi connectivity index (χ3n) is 16.0. The molecular formula is C58H114N4O5. The molecule has 2 aliphatic carbocycles. The number of nitrogens with two attached hydrogens (primary N) is 1. The molecule has 67 heavy (non-hydrogen) atoms. The minimum atomic E-state index is -0.446. The summed E-state index contributed by atoms with van der Waals surface area (Å²) >= 11 is 0. The molecule has 2 amide bonds. The van der Waals surface area contributed by atoms with Gasteiger partial charge >= 0.3 is 0 Å². The smallest absolute Gasteiger partial charge is 0.245 e. The van der Waals surface area contributed by atoms with Gasteiger partial charge < -0.3 is 26.2 Å². The fourth-order valence-electron chi connectivity index (χ4n) is 9.95. The highest BCUT2D eigenvalue weighted by atomic mass is 16.3. The third-order valence-corrected chi connectivity index (χ3v) is 16.0. The molecule has 2 atom stereocenters. The number of hydrogen-bond acceptors (Lipinski definition) is 7. The van der Waals surface area contributed by atoms with Crippen molar-refractivity contribution in [3.05, 3.63) is 12.7 Å². The first kappa shape index (κ1) is 65.2. The van der Waals surface area contributed by atoms with E-state index in [4.69, 9.17) is 5.73 Å². The van der Waals surface area contributed by atoms with Crippen LogP contribution < -0.4 is 11.1 Å². The van der Waals surface area contributed by atoms with Crippen LogP contribution in [0.4, 0.5) is 0 Å². The van der Waals surface area contributed by atoms with Gasteiger partial charge in [0.25, 0.3) is 0 Å². The van der Waals surface area contributed by atoms with E-state index >= 15 is 0 Å². The summed E-state index contributed by atoms with van der Waals surface area (Å²) in [6.07, 6.45) is 19.9. The number of nitrogens with zero attached hydrogens (tertiary/aromatic N) is 2. The number of aliphatic hydroxyl groups excluding tert-OH is 1. The minimum absolute atomic E-state index is 0.0229. The molecule has 5 rings (SSSR count). The molecule has 0 aromatic heterocycles. The van der Waals surface area contributed by atoms with Crippen molar-refractivity contribution in [2.24, 2.45) is 61.9 Å². The first-order valence-electron chi connectivity index (χ1n) is 26.9. The Kier molecular flexibility index (Phi) is 28.1. The molecule has 9 nitrogen and oxygen atoms in total. The van der Waals surface area contributed by atoms with Crippen molar-refractivity contribution < 1.29 is 24.6 Å². The van der Waals surface area contributed by atoms with E-state index in [1.54, 1.807) is 6.92 Å². The number of carbonyl (C=O) groups excluding carboxylic acids is 3. The van der Waals surface area contributed by atoms with Gasteiger partial charge in [0.05, 0.1) is 18.2 Å². The van der Waals surface area contributed by atoms with Crippen LogP contribution in [0.3, 0.4) is 0 Å². The second kappa shape index (κ2) is 28.9. The highest BCUT2D eigenvalue weighted by Crippen LogP contribution is 2.40. The van der Waals surface area contributed by atoms with Crippen LogP contribution in [0.15, 0.2) is 12.7 Å². The number of primary amides is 1. The monoisotopic (exact) mass is 947 g/mol. The second-order valence-electron chi connectivity index (χ2n) is 27.4. The summed E-state index contributed by atoms with van der Waals surface area (Å²) in [5.41, 5.74) is 6.24. The number of amides is 2. The van der Waals surface area contributed by atoms with Crippen molar-refractivity contribution >= 4 is 17.6 Å². The van der Waals surface area contributed by atoms with Crippen molar-refractivity contribution in [2.45, 2.75) is 240 Å². The standard InChI is InChI=1S/C12H21NO.C11H22N2O.C10H20O.C10H20.C9H19NO.C6H12O/c1-5-11(14)13-8-6-10(7-9-13)12(2,3)4;1-11(2,3)9-4-6-13(7-5-9)8-10(12)14;1-10(2,3)8-6-4-5-7-9(8)11;1-10(2,3)9-7-5-4-6-8-9;1-8(2,3)9(11)4-6-10-7-5-9;1-5(7)6(2,3)4/h5,10H,1,6-9H2,2-4H3;9H,4-8H2,1-3H3,(H2,12,14);8-9,11H,4-7H2,1-3H3;9H,4-8H2,1-3H3;10-11H,4-7H2,1-3H3;1-4H3. The molecule has 5 N–H and O–H groups in total. The van der Waals surface area contributed by atoms with E-state index in [1.165, 1.54) is 70.3 Å². The molecule has 9 heteroatoms. The Morgan fingerprint density at radius 2 is 0.985 bits per heavy atom. The first-order valence-corrected chi connectivity index (χ1v) is 26.9. The van der Waals surface area contributed by atoms with Crippen LogP contribution in [0.25, 0.3) is 0 Å². The molecule has 0 aromatic rings. The van der Waals surface area contributed by atoms with E-state index in [0.29, 0.717) is 34.1 Å². The predicted octanol–water partition coefficient (Wildman–Crippen LogP) is 12.7. The highest BCUT2D eigenvalue weighted by molar-refractivity contribution is 5.87. The zero-order valence-corrected chi connectivity index (χ0v) is 47.8. The number of ketones is 1. The average Bonchev–Trinajstić information content (AvgIpc) is 3.20. The molecule has 0 bridgehead atoms. The van der Waals surface area contributed by atoms with E-state index in [1.807, 2.05) is 25.7 Å². The van der Waals surface area contributed by atoms with Crippen LogP contribution in [0.1, 0.15) is 228 Å². The Labute approximate surface area is 415 Å². The normalized spacial score (nSPS) is 22.8. The van der Waals surface area contributed by atoms with Gasteiger partial charge in [-0.2, -0.15) is 0 Å². The molecule has 2 unspecified atom stereocenters. The van der Waals surface area contributed by atoms with Gasteiger partial charge in [-0.05, 0) is 154 Å². The largest absolute Gasteiger partial charge is 0.393 e. The van der Waals surface area contributed by atoms with Gasteiger partial charge in [-0.1, -0.05) is 163 Å². The zero-order chi connectivity index (χ0) is 52.2. The molecule has 396 valence electrons. The molecule has 5 aliphatic rings. The number of aliphatic hydroxyl groups is 2. The molecule has 3 aliphatic heterocycles. The number of likely N-dealkylation sites (tertiary alicyclic amines) is 2. The van der Waals surface area contributed by atoms with Gasteiger partial charge in [0.1, 0.15) is 5.78 Å². The van der Waals surface area contributed by atoms with Crippen LogP contribution >= 0.6 is 0 Å². The topological polar surface area (TPSA) is 136 Å². The van der Waals surface area contributed by atoms with Crippen LogP contribution in [-0.2, 0) is 14.4 Å². The van der Waals surface area contributed by atoms with E-state index in [0.717, 1.165) is 89.1 Å². The fraction of sp³-hybridized carbons (Fsp3) is 0.914. The van der Waals surface area contributed by atoms with Gasteiger partial charge in [-0.3, -0.25) is 19.3 Å². The van der Waals surface area contributed by atoms with Gasteiger partial charge in [0, 0.05) is 18.5 Å². The Hall–Kier alpha value is -1.81. The molecule has 2 saturated carbocycles. The zero-order valence-electron chi connectivity index (χ0n) is 47.8. The summed E-state index contributed by atoms with van der Waals surface area (Å²) in [6, 6.07) is 0. The summed E-state index contributed by atoms with van der Waals surface area (Å²) in [7, 11) is 0. The fourth-order valence-corrected chi connectivity index (χ4v) is 9.95. The van der Waals surface area contributed by atoms with Crippen LogP contribution in [0, 0.1) is 56.2 Å². The lowest BCUT2D eigenvalue weighted by Gasteiger charge is -2.43. The maximum Gasteiger partial charge on any atom is 0.245 e. The Morgan fingerprint density at radius 3 is 1.27 bits per heavy atom. The Morgan fingerprint density at radius 1 is 0.612 bits per heavy atom.